The summed E-state index contributed by atoms with van der Waals surface area (Å²) >= 11 is 6.43. The van der Waals surface area contributed by atoms with E-state index in [0.29, 0.717) is 6.04 Å². The molecule has 2 rings (SSSR count). The first kappa shape index (κ1) is 16.6. The monoisotopic (exact) mass is 309 g/mol. The highest BCUT2D eigenvalue weighted by Crippen LogP contribution is 2.26. The molecule has 0 unspecified atom stereocenters. The lowest BCUT2D eigenvalue weighted by Crippen LogP contribution is -2.42. The van der Waals surface area contributed by atoms with Gasteiger partial charge < -0.3 is 15.1 Å². The minimum absolute atomic E-state index is 0.717. The first-order valence-electron chi connectivity index (χ1n) is 8.02. The molecule has 1 aliphatic rings. The Hall–Kier alpha value is -0.770. The van der Waals surface area contributed by atoms with Crippen molar-refractivity contribution in [2.75, 3.05) is 38.6 Å². The second kappa shape index (κ2) is 8.02. The number of rotatable bonds is 6. The normalized spacial score (nSPS) is 16.7. The van der Waals surface area contributed by atoms with Gasteiger partial charge in [0.2, 0.25) is 0 Å². The zero-order chi connectivity index (χ0) is 15.2. The van der Waals surface area contributed by atoms with Crippen molar-refractivity contribution >= 4 is 17.3 Å². The maximum absolute atomic E-state index is 6.43. The summed E-state index contributed by atoms with van der Waals surface area (Å²) in [5.74, 6) is 0. The van der Waals surface area contributed by atoms with Crippen molar-refractivity contribution in [2.45, 2.75) is 38.8 Å². The van der Waals surface area contributed by atoms with E-state index in [9.17, 15) is 0 Å². The number of halogens is 1. The minimum Gasteiger partial charge on any atom is -0.371 e. The molecule has 1 saturated heterocycles. The minimum atomic E-state index is 0.717. The van der Waals surface area contributed by atoms with Crippen molar-refractivity contribution in [3.8, 4) is 0 Å². The summed E-state index contributed by atoms with van der Waals surface area (Å²) in [6.07, 6.45) is 3.60. The largest absolute Gasteiger partial charge is 0.371 e. The quantitative estimate of drug-likeness (QED) is 0.813. The second-order valence-electron chi connectivity index (χ2n) is 6.13. The SMILES string of the molecule is CCCNCc1ccc(N2CCC(N(C)C)CC2)cc1Cl. The number of nitrogens with zero attached hydrogens (tertiary/aromatic N) is 2. The van der Waals surface area contributed by atoms with Gasteiger partial charge in [-0.1, -0.05) is 24.6 Å². The van der Waals surface area contributed by atoms with Crippen LogP contribution in [0.1, 0.15) is 31.7 Å². The molecule has 1 aromatic carbocycles. The van der Waals surface area contributed by atoms with E-state index in [1.807, 2.05) is 0 Å². The summed E-state index contributed by atoms with van der Waals surface area (Å²) in [6.45, 7) is 6.31. The molecule has 118 valence electrons. The second-order valence-corrected chi connectivity index (χ2v) is 6.54. The molecule has 21 heavy (non-hydrogen) atoms. The van der Waals surface area contributed by atoms with Crippen molar-refractivity contribution in [2.24, 2.45) is 0 Å². The summed E-state index contributed by atoms with van der Waals surface area (Å²) in [5, 5.41) is 4.29. The highest BCUT2D eigenvalue weighted by atomic mass is 35.5. The molecule has 0 aliphatic carbocycles. The average Bonchev–Trinajstić information content (AvgIpc) is 2.49. The number of anilines is 1. The van der Waals surface area contributed by atoms with Gasteiger partial charge in [0, 0.05) is 36.4 Å². The van der Waals surface area contributed by atoms with Crippen LogP contribution < -0.4 is 10.2 Å². The summed E-state index contributed by atoms with van der Waals surface area (Å²) in [6, 6.07) is 7.22. The zero-order valence-corrected chi connectivity index (χ0v) is 14.3. The van der Waals surface area contributed by atoms with E-state index in [4.69, 9.17) is 11.6 Å². The fraction of sp³-hybridized carbons (Fsp3) is 0.647. The molecular formula is C17H28ClN3. The van der Waals surface area contributed by atoms with Gasteiger partial charge in [-0.15, -0.1) is 0 Å². The lowest BCUT2D eigenvalue weighted by atomic mass is 10.0. The Morgan fingerprint density at radius 2 is 2.00 bits per heavy atom. The van der Waals surface area contributed by atoms with Crippen LogP contribution in [0, 0.1) is 0 Å². The average molecular weight is 310 g/mol. The molecular weight excluding hydrogens is 282 g/mol. The van der Waals surface area contributed by atoms with Crippen molar-refractivity contribution < 1.29 is 0 Å². The van der Waals surface area contributed by atoms with Crippen molar-refractivity contribution in [1.82, 2.24) is 10.2 Å². The van der Waals surface area contributed by atoms with Crippen LogP contribution in [0.4, 0.5) is 5.69 Å². The summed E-state index contributed by atoms with van der Waals surface area (Å²) in [4.78, 5) is 4.79. The molecule has 1 heterocycles. The lowest BCUT2D eigenvalue weighted by molar-refractivity contribution is 0.249. The first-order valence-corrected chi connectivity index (χ1v) is 8.40. The Morgan fingerprint density at radius 1 is 1.29 bits per heavy atom. The smallest absolute Gasteiger partial charge is 0.0471 e. The zero-order valence-electron chi connectivity index (χ0n) is 13.5. The highest BCUT2D eigenvalue weighted by Gasteiger charge is 2.21. The van der Waals surface area contributed by atoms with Crippen LogP contribution in [0.15, 0.2) is 18.2 Å². The summed E-state index contributed by atoms with van der Waals surface area (Å²) in [7, 11) is 4.35. The van der Waals surface area contributed by atoms with Gasteiger partial charge in [0.1, 0.15) is 0 Å². The highest BCUT2D eigenvalue weighted by molar-refractivity contribution is 6.31. The molecule has 1 N–H and O–H groups in total. The van der Waals surface area contributed by atoms with Crippen LogP contribution in [0.3, 0.4) is 0 Å². The molecule has 1 fully saturated rings. The standard InChI is InChI=1S/C17H28ClN3/c1-4-9-19-13-14-5-6-16(12-17(14)18)21-10-7-15(8-11-21)20(2)3/h5-6,12,15,19H,4,7-11,13H2,1-3H3. The Labute approximate surface area is 134 Å². The van der Waals surface area contributed by atoms with Gasteiger partial charge in [-0.3, -0.25) is 0 Å². The van der Waals surface area contributed by atoms with Crippen molar-refractivity contribution in [3.63, 3.8) is 0 Å². The third-order valence-corrected chi connectivity index (χ3v) is 4.69. The fourth-order valence-corrected chi connectivity index (χ4v) is 3.16. The summed E-state index contributed by atoms with van der Waals surface area (Å²) in [5.41, 5.74) is 2.45. The van der Waals surface area contributed by atoms with Gasteiger partial charge in [0.05, 0.1) is 0 Å². The van der Waals surface area contributed by atoms with E-state index in [1.54, 1.807) is 0 Å². The predicted octanol–water partition coefficient (Wildman–Crippen LogP) is 3.37. The molecule has 0 aromatic heterocycles. The third-order valence-electron chi connectivity index (χ3n) is 4.34. The fourth-order valence-electron chi connectivity index (χ4n) is 2.92. The Balaban J connectivity index is 1.94. The maximum atomic E-state index is 6.43. The molecule has 0 saturated carbocycles. The molecule has 3 nitrogen and oxygen atoms in total. The number of benzene rings is 1. The van der Waals surface area contributed by atoms with E-state index in [2.05, 4.69) is 54.3 Å². The Kier molecular flexibility index (Phi) is 6.34. The predicted molar refractivity (Wildman–Crippen MR) is 92.4 cm³/mol. The van der Waals surface area contributed by atoms with Gasteiger partial charge >= 0.3 is 0 Å². The first-order chi connectivity index (χ1) is 10.1. The van der Waals surface area contributed by atoms with E-state index in [-0.39, 0.29) is 0 Å². The molecule has 0 amide bonds. The molecule has 4 heteroatoms. The molecule has 0 spiro atoms. The van der Waals surface area contributed by atoms with Crippen LogP contribution in [-0.4, -0.2) is 44.7 Å². The Morgan fingerprint density at radius 3 is 2.57 bits per heavy atom. The van der Waals surface area contributed by atoms with Crippen molar-refractivity contribution in [3.05, 3.63) is 28.8 Å². The molecule has 1 aromatic rings. The van der Waals surface area contributed by atoms with Gasteiger partial charge in [-0.2, -0.15) is 0 Å². The topological polar surface area (TPSA) is 18.5 Å². The molecule has 0 radical (unpaired) electrons. The van der Waals surface area contributed by atoms with E-state index < -0.39 is 0 Å². The van der Waals surface area contributed by atoms with E-state index in [1.165, 1.54) is 24.1 Å². The number of piperidine rings is 1. The van der Waals surface area contributed by atoms with Gasteiger partial charge in [-0.25, -0.2) is 0 Å². The van der Waals surface area contributed by atoms with Crippen LogP contribution in [0.5, 0.6) is 0 Å². The maximum Gasteiger partial charge on any atom is 0.0471 e. The van der Waals surface area contributed by atoms with E-state index in [0.717, 1.165) is 37.6 Å². The van der Waals surface area contributed by atoms with Crippen LogP contribution in [0.25, 0.3) is 0 Å². The van der Waals surface area contributed by atoms with Crippen LogP contribution in [0.2, 0.25) is 5.02 Å². The van der Waals surface area contributed by atoms with Gasteiger partial charge in [0.25, 0.3) is 0 Å². The van der Waals surface area contributed by atoms with Gasteiger partial charge in [0.15, 0.2) is 0 Å². The number of hydrogen-bond acceptors (Lipinski definition) is 3. The molecule has 1 aliphatic heterocycles. The van der Waals surface area contributed by atoms with Crippen LogP contribution in [-0.2, 0) is 6.54 Å². The summed E-state index contributed by atoms with van der Waals surface area (Å²) < 4.78 is 0. The number of hydrogen-bond donors (Lipinski definition) is 1. The molecule has 0 bridgehead atoms. The Bertz CT molecular complexity index is 440. The lowest BCUT2D eigenvalue weighted by Gasteiger charge is -2.36. The number of nitrogens with one attached hydrogen (secondary N) is 1. The molecule has 0 atom stereocenters. The van der Waals surface area contributed by atoms with Crippen molar-refractivity contribution in [1.29, 1.82) is 0 Å². The van der Waals surface area contributed by atoms with Gasteiger partial charge in [-0.05, 0) is 57.6 Å². The van der Waals surface area contributed by atoms with E-state index >= 15 is 0 Å². The van der Waals surface area contributed by atoms with Crippen LogP contribution >= 0.6 is 11.6 Å². The third kappa shape index (κ3) is 4.60.